The molecule has 0 unspecified atom stereocenters. The molecule has 3 rings (SSSR count). The minimum atomic E-state index is -0.488. The topological polar surface area (TPSA) is 79.5 Å². The first-order valence-electron chi connectivity index (χ1n) is 8.26. The van der Waals surface area contributed by atoms with E-state index in [4.69, 9.17) is 16.3 Å². The number of halogens is 1. The molecule has 1 aliphatic carbocycles. The summed E-state index contributed by atoms with van der Waals surface area (Å²) in [5, 5.41) is 9.58. The van der Waals surface area contributed by atoms with Gasteiger partial charge in [-0.2, -0.15) is 0 Å². The monoisotopic (exact) mass is 351 g/mol. The van der Waals surface area contributed by atoms with Gasteiger partial charge in [0.2, 0.25) is 11.8 Å². The van der Waals surface area contributed by atoms with Gasteiger partial charge in [-0.05, 0) is 31.0 Å². The zero-order valence-electron chi connectivity index (χ0n) is 13.6. The van der Waals surface area contributed by atoms with Crippen LogP contribution in [0.15, 0.2) is 18.2 Å². The Morgan fingerprint density at radius 2 is 2.08 bits per heavy atom. The number of piperazine rings is 1. The smallest absolute Gasteiger partial charge is 0.237 e. The highest BCUT2D eigenvalue weighted by atomic mass is 35.5. The van der Waals surface area contributed by atoms with E-state index in [2.05, 4.69) is 16.0 Å². The predicted molar refractivity (Wildman–Crippen MR) is 92.4 cm³/mol. The molecule has 2 amide bonds. The molecule has 1 aromatic carbocycles. The number of hydrogen-bond acceptors (Lipinski definition) is 4. The lowest BCUT2D eigenvalue weighted by atomic mass is 9.87. The zero-order valence-corrected chi connectivity index (χ0v) is 14.4. The van der Waals surface area contributed by atoms with Gasteiger partial charge in [0, 0.05) is 17.8 Å². The van der Waals surface area contributed by atoms with E-state index in [0.29, 0.717) is 16.5 Å². The SMILES string of the molecule is COc1ccc(NC(=O)C[C@@H]2N[C@H]3CCCC[C@H]3NC2=O)cc1Cl. The summed E-state index contributed by atoms with van der Waals surface area (Å²) in [6.07, 6.45) is 4.45. The van der Waals surface area contributed by atoms with E-state index in [1.54, 1.807) is 18.2 Å². The van der Waals surface area contributed by atoms with Crippen molar-refractivity contribution in [3.05, 3.63) is 23.2 Å². The number of amides is 2. The van der Waals surface area contributed by atoms with Crippen LogP contribution in [0.1, 0.15) is 32.1 Å². The number of fused-ring (bicyclic) bond motifs is 1. The molecule has 0 bridgehead atoms. The third-order valence-electron chi connectivity index (χ3n) is 4.65. The van der Waals surface area contributed by atoms with Gasteiger partial charge in [-0.15, -0.1) is 0 Å². The highest BCUT2D eigenvalue weighted by molar-refractivity contribution is 6.32. The Morgan fingerprint density at radius 3 is 2.79 bits per heavy atom. The summed E-state index contributed by atoms with van der Waals surface area (Å²) in [5.74, 6) is 0.227. The van der Waals surface area contributed by atoms with Crippen LogP contribution in [0.3, 0.4) is 0 Å². The first-order chi connectivity index (χ1) is 11.6. The molecule has 1 aliphatic heterocycles. The molecule has 1 aromatic rings. The molecule has 1 saturated carbocycles. The molecule has 7 heteroatoms. The van der Waals surface area contributed by atoms with Crippen molar-refractivity contribution in [2.24, 2.45) is 0 Å². The molecule has 1 heterocycles. The molecule has 1 saturated heterocycles. The van der Waals surface area contributed by atoms with Gasteiger partial charge in [0.1, 0.15) is 5.75 Å². The number of nitrogens with one attached hydrogen (secondary N) is 3. The van der Waals surface area contributed by atoms with Crippen LogP contribution in [-0.2, 0) is 9.59 Å². The summed E-state index contributed by atoms with van der Waals surface area (Å²) in [6.45, 7) is 0. The Labute approximate surface area is 146 Å². The van der Waals surface area contributed by atoms with Crippen molar-refractivity contribution < 1.29 is 14.3 Å². The van der Waals surface area contributed by atoms with Gasteiger partial charge in [-0.25, -0.2) is 0 Å². The van der Waals surface area contributed by atoms with Gasteiger partial charge in [0.15, 0.2) is 0 Å². The van der Waals surface area contributed by atoms with Crippen molar-refractivity contribution in [1.82, 2.24) is 10.6 Å². The average molecular weight is 352 g/mol. The van der Waals surface area contributed by atoms with Crippen molar-refractivity contribution in [1.29, 1.82) is 0 Å². The molecule has 2 fully saturated rings. The van der Waals surface area contributed by atoms with E-state index >= 15 is 0 Å². The van der Waals surface area contributed by atoms with Crippen molar-refractivity contribution in [2.45, 2.75) is 50.2 Å². The largest absolute Gasteiger partial charge is 0.495 e. The van der Waals surface area contributed by atoms with Gasteiger partial charge < -0.3 is 20.7 Å². The van der Waals surface area contributed by atoms with E-state index in [9.17, 15) is 9.59 Å². The zero-order chi connectivity index (χ0) is 17.1. The summed E-state index contributed by atoms with van der Waals surface area (Å²) in [4.78, 5) is 24.4. The maximum atomic E-state index is 12.2. The highest BCUT2D eigenvalue weighted by Gasteiger charge is 2.36. The highest BCUT2D eigenvalue weighted by Crippen LogP contribution is 2.27. The van der Waals surface area contributed by atoms with Crippen LogP contribution in [0.25, 0.3) is 0 Å². The molecule has 0 aromatic heterocycles. The molecule has 6 nitrogen and oxygen atoms in total. The lowest BCUT2D eigenvalue weighted by Crippen LogP contribution is -2.65. The number of ether oxygens (including phenoxy) is 1. The molecular formula is C17H22ClN3O3. The molecule has 0 spiro atoms. The standard InChI is InChI=1S/C17H22ClN3O3/c1-24-15-7-6-10(8-11(15)18)19-16(22)9-14-17(23)21-13-5-3-2-4-12(13)20-14/h6-8,12-14,20H,2-5,9H2,1H3,(H,19,22)(H,21,23)/t12-,13+,14-/m0/s1. The summed E-state index contributed by atoms with van der Waals surface area (Å²) < 4.78 is 5.08. The number of carbonyl (C=O) groups is 2. The third-order valence-corrected chi connectivity index (χ3v) is 4.95. The molecular weight excluding hydrogens is 330 g/mol. The van der Waals surface area contributed by atoms with Crippen LogP contribution in [0.4, 0.5) is 5.69 Å². The fourth-order valence-electron chi connectivity index (χ4n) is 3.41. The number of methoxy groups -OCH3 is 1. The van der Waals surface area contributed by atoms with Gasteiger partial charge in [0.05, 0.1) is 24.6 Å². The van der Waals surface area contributed by atoms with Crippen molar-refractivity contribution >= 4 is 29.1 Å². The van der Waals surface area contributed by atoms with Crippen LogP contribution < -0.4 is 20.7 Å². The maximum absolute atomic E-state index is 12.2. The molecule has 2 aliphatic rings. The molecule has 24 heavy (non-hydrogen) atoms. The normalized spacial score (nSPS) is 26.2. The average Bonchev–Trinajstić information content (AvgIpc) is 2.55. The first kappa shape index (κ1) is 17.0. The lowest BCUT2D eigenvalue weighted by molar-refractivity contribution is -0.129. The Hall–Kier alpha value is -1.79. The third kappa shape index (κ3) is 3.82. The summed E-state index contributed by atoms with van der Waals surface area (Å²) in [5.41, 5.74) is 0.581. The number of carbonyl (C=O) groups excluding carboxylic acids is 2. The Balaban J connectivity index is 1.58. The number of anilines is 1. The van der Waals surface area contributed by atoms with E-state index in [-0.39, 0.29) is 30.3 Å². The number of hydrogen-bond donors (Lipinski definition) is 3. The van der Waals surface area contributed by atoms with E-state index < -0.39 is 6.04 Å². The van der Waals surface area contributed by atoms with Crippen LogP contribution in [0, 0.1) is 0 Å². The molecule has 3 atom stereocenters. The lowest BCUT2D eigenvalue weighted by Gasteiger charge is -2.40. The number of rotatable bonds is 4. The van der Waals surface area contributed by atoms with E-state index in [0.717, 1.165) is 25.7 Å². The second kappa shape index (κ2) is 7.40. The predicted octanol–water partition coefficient (Wildman–Crippen LogP) is 2.08. The van der Waals surface area contributed by atoms with Gasteiger partial charge >= 0.3 is 0 Å². The molecule has 130 valence electrons. The molecule has 3 N–H and O–H groups in total. The molecule has 0 radical (unpaired) electrons. The first-order valence-corrected chi connectivity index (χ1v) is 8.64. The van der Waals surface area contributed by atoms with Crippen molar-refractivity contribution in [3.63, 3.8) is 0 Å². The van der Waals surface area contributed by atoms with Gasteiger partial charge in [-0.1, -0.05) is 24.4 Å². The van der Waals surface area contributed by atoms with Gasteiger partial charge in [0.25, 0.3) is 0 Å². The van der Waals surface area contributed by atoms with E-state index in [1.165, 1.54) is 7.11 Å². The fourth-order valence-corrected chi connectivity index (χ4v) is 3.67. The number of benzene rings is 1. The van der Waals surface area contributed by atoms with Crippen molar-refractivity contribution in [2.75, 3.05) is 12.4 Å². The van der Waals surface area contributed by atoms with Gasteiger partial charge in [-0.3, -0.25) is 9.59 Å². The second-order valence-corrected chi connectivity index (χ2v) is 6.73. The summed E-state index contributed by atoms with van der Waals surface area (Å²) in [7, 11) is 1.53. The Bertz CT molecular complexity index is 638. The second-order valence-electron chi connectivity index (χ2n) is 6.33. The van der Waals surface area contributed by atoms with Crippen LogP contribution >= 0.6 is 11.6 Å². The minimum absolute atomic E-state index is 0.0959. The van der Waals surface area contributed by atoms with Crippen LogP contribution in [0.2, 0.25) is 5.02 Å². The summed E-state index contributed by atoms with van der Waals surface area (Å²) >= 11 is 6.05. The minimum Gasteiger partial charge on any atom is -0.495 e. The Morgan fingerprint density at radius 1 is 1.33 bits per heavy atom. The fraction of sp³-hybridized carbons (Fsp3) is 0.529. The van der Waals surface area contributed by atoms with Crippen LogP contribution in [0.5, 0.6) is 5.75 Å². The van der Waals surface area contributed by atoms with Crippen molar-refractivity contribution in [3.8, 4) is 5.75 Å². The van der Waals surface area contributed by atoms with Crippen LogP contribution in [-0.4, -0.2) is 37.0 Å². The maximum Gasteiger partial charge on any atom is 0.237 e. The Kier molecular flexibility index (Phi) is 5.26. The quantitative estimate of drug-likeness (QED) is 0.776. The summed E-state index contributed by atoms with van der Waals surface area (Å²) in [6, 6.07) is 5.02. The van der Waals surface area contributed by atoms with E-state index in [1.807, 2.05) is 0 Å².